The van der Waals surface area contributed by atoms with Crippen LogP contribution in [0.2, 0.25) is 0 Å². The topological polar surface area (TPSA) is 57.5 Å². The van der Waals surface area contributed by atoms with Gasteiger partial charge in [-0.3, -0.25) is 4.79 Å². The first-order valence-electron chi connectivity index (χ1n) is 2.10. The van der Waals surface area contributed by atoms with E-state index in [1.54, 1.807) is 0 Å². The third-order valence-electron chi connectivity index (χ3n) is 0.549. The molecule has 0 rings (SSSR count). The Bertz CT molecular complexity index is 68.8. The maximum absolute atomic E-state index is 9.65. The van der Waals surface area contributed by atoms with Crippen molar-refractivity contribution in [3.05, 3.63) is 0 Å². The molecule has 0 aromatic heterocycles. The van der Waals surface area contributed by atoms with Crippen LogP contribution < -0.4 is 0 Å². The molecule has 0 amide bonds. The van der Waals surface area contributed by atoms with Gasteiger partial charge in [0.1, 0.15) is 0 Å². The van der Waals surface area contributed by atoms with Crippen LogP contribution in [-0.2, 0) is 4.79 Å². The second kappa shape index (κ2) is 11.4. The summed E-state index contributed by atoms with van der Waals surface area (Å²) < 4.78 is 0. The third-order valence-corrected chi connectivity index (χ3v) is 0.549. The van der Waals surface area contributed by atoms with Crippen LogP contribution in [0.3, 0.4) is 0 Å². The molecule has 0 saturated heterocycles. The van der Waals surface area contributed by atoms with Crippen molar-refractivity contribution < 1.29 is 15.0 Å². The number of aliphatic hydroxyl groups excluding tert-OH is 1. The molecule has 0 saturated carbocycles. The van der Waals surface area contributed by atoms with E-state index in [1.165, 1.54) is 0 Å². The number of hydrogen-bond donors (Lipinski definition) is 2. The minimum atomic E-state index is -0.853. The average molecular weight is 155 g/mol. The van der Waals surface area contributed by atoms with Crippen molar-refractivity contribution >= 4 is 46.5 Å². The van der Waals surface area contributed by atoms with Gasteiger partial charge in [0.25, 0.3) is 0 Å². The molecule has 9 heavy (non-hydrogen) atoms. The fraction of sp³-hybridized carbons (Fsp3) is 0.750. The van der Waals surface area contributed by atoms with E-state index in [4.69, 9.17) is 10.2 Å². The number of carboxylic acid groups (broad SMARTS) is 1. The Morgan fingerprint density at radius 3 is 2.00 bits per heavy atom. The van der Waals surface area contributed by atoms with Gasteiger partial charge in [-0.1, -0.05) is 0 Å². The molecule has 0 spiro atoms. The summed E-state index contributed by atoms with van der Waals surface area (Å²) in [6.45, 7) is -0.0354. The van der Waals surface area contributed by atoms with Crippen LogP contribution in [0.15, 0.2) is 0 Å². The van der Waals surface area contributed by atoms with Gasteiger partial charge >= 0.3 is 5.97 Å². The first-order chi connectivity index (χ1) is 3.27. The number of aliphatic hydroxyl groups is 1. The summed E-state index contributed by atoms with van der Waals surface area (Å²) in [7, 11) is 0. The van der Waals surface area contributed by atoms with Gasteiger partial charge in [0, 0.05) is 53.6 Å². The van der Waals surface area contributed by atoms with Crippen molar-refractivity contribution in [1.82, 2.24) is 0 Å². The first-order valence-corrected chi connectivity index (χ1v) is 2.10. The third kappa shape index (κ3) is 17.7. The Balaban J connectivity index is -0.000000180. The standard InChI is InChI=1S/C4H8O3.Na.Si/c5-3-1-2-4(6)7;;/h5H,1-3H2,(H,6,7);;. The first kappa shape index (κ1) is 16.3. The molecule has 0 fully saturated rings. The maximum Gasteiger partial charge on any atom is 0.303 e. The molecule has 0 aliphatic heterocycles. The van der Waals surface area contributed by atoms with E-state index in [0.29, 0.717) is 6.42 Å². The Labute approximate surface area is 80.8 Å². The zero-order chi connectivity index (χ0) is 5.70. The molecule has 5 radical (unpaired) electrons. The summed E-state index contributed by atoms with van der Waals surface area (Å²) in [6.07, 6.45) is 0.422. The Morgan fingerprint density at radius 1 is 1.44 bits per heavy atom. The maximum atomic E-state index is 9.65. The quantitative estimate of drug-likeness (QED) is 0.518. The molecule has 0 unspecified atom stereocenters. The number of carboxylic acids is 1. The van der Waals surface area contributed by atoms with Crippen LogP contribution in [0, 0.1) is 0 Å². The smallest absolute Gasteiger partial charge is 0.303 e. The molecule has 0 atom stereocenters. The Kier molecular flexibility index (Phi) is 20.8. The zero-order valence-corrected chi connectivity index (χ0v) is 8.42. The van der Waals surface area contributed by atoms with Crippen LogP contribution in [0.25, 0.3) is 0 Å². The van der Waals surface area contributed by atoms with E-state index in [2.05, 4.69) is 0 Å². The molecule has 47 valence electrons. The van der Waals surface area contributed by atoms with E-state index in [1.807, 2.05) is 0 Å². The summed E-state index contributed by atoms with van der Waals surface area (Å²) >= 11 is 0. The van der Waals surface area contributed by atoms with Crippen molar-refractivity contribution in [3.63, 3.8) is 0 Å². The molecule has 0 aliphatic rings. The average Bonchev–Trinajstić information content (AvgIpc) is 1.61. The van der Waals surface area contributed by atoms with Gasteiger partial charge in [-0.2, -0.15) is 0 Å². The molecule has 5 heteroatoms. The fourth-order valence-electron chi connectivity index (χ4n) is 0.230. The van der Waals surface area contributed by atoms with Crippen molar-refractivity contribution in [3.8, 4) is 0 Å². The van der Waals surface area contributed by atoms with Crippen LogP contribution in [-0.4, -0.2) is 63.3 Å². The van der Waals surface area contributed by atoms with Gasteiger partial charge < -0.3 is 10.2 Å². The van der Waals surface area contributed by atoms with Crippen LogP contribution in [0.1, 0.15) is 12.8 Å². The second-order valence-corrected chi connectivity index (χ2v) is 1.22. The summed E-state index contributed by atoms with van der Waals surface area (Å²) in [5.41, 5.74) is 0. The molecule has 0 heterocycles. The van der Waals surface area contributed by atoms with Crippen molar-refractivity contribution in [2.45, 2.75) is 12.8 Å². The van der Waals surface area contributed by atoms with Gasteiger partial charge in [-0.05, 0) is 6.42 Å². The van der Waals surface area contributed by atoms with Crippen molar-refractivity contribution in [2.24, 2.45) is 0 Å². The molecule has 0 aliphatic carbocycles. The summed E-state index contributed by atoms with van der Waals surface area (Å²) in [6, 6.07) is 0. The van der Waals surface area contributed by atoms with Gasteiger partial charge in [0.05, 0.1) is 0 Å². The monoisotopic (exact) mass is 155 g/mol. The van der Waals surface area contributed by atoms with Gasteiger partial charge in [-0.15, -0.1) is 0 Å². The molecular weight excluding hydrogens is 147 g/mol. The minimum Gasteiger partial charge on any atom is -0.481 e. The molecular formula is C4H8NaO3Si. The van der Waals surface area contributed by atoms with E-state index < -0.39 is 5.97 Å². The molecule has 2 N–H and O–H groups in total. The number of carbonyl (C=O) groups is 1. The van der Waals surface area contributed by atoms with Crippen molar-refractivity contribution in [2.75, 3.05) is 6.61 Å². The zero-order valence-electron chi connectivity index (χ0n) is 5.42. The van der Waals surface area contributed by atoms with Gasteiger partial charge in [0.2, 0.25) is 0 Å². The van der Waals surface area contributed by atoms with Gasteiger partial charge in [0.15, 0.2) is 0 Å². The van der Waals surface area contributed by atoms with Crippen LogP contribution in [0.4, 0.5) is 0 Å². The second-order valence-electron chi connectivity index (χ2n) is 1.22. The van der Waals surface area contributed by atoms with Gasteiger partial charge in [-0.25, -0.2) is 0 Å². The summed E-state index contributed by atoms with van der Waals surface area (Å²) in [5, 5.41) is 16.0. The SMILES string of the molecule is O=C(O)CCCO.[Na].[Si]. The number of aliphatic carboxylic acids is 1. The Hall–Kier alpha value is 0.647. The van der Waals surface area contributed by atoms with E-state index in [-0.39, 0.29) is 53.6 Å². The number of rotatable bonds is 3. The number of hydrogen-bond acceptors (Lipinski definition) is 2. The largest absolute Gasteiger partial charge is 0.481 e. The molecule has 3 nitrogen and oxygen atoms in total. The molecule has 0 bridgehead atoms. The normalized spacial score (nSPS) is 6.78. The minimum absolute atomic E-state index is 0. The summed E-state index contributed by atoms with van der Waals surface area (Å²) in [5.74, 6) is -0.853. The molecule has 0 aromatic rings. The Morgan fingerprint density at radius 2 is 1.89 bits per heavy atom. The van der Waals surface area contributed by atoms with Crippen LogP contribution in [0.5, 0.6) is 0 Å². The predicted octanol–water partition coefficient (Wildman–Crippen LogP) is -0.918. The van der Waals surface area contributed by atoms with E-state index >= 15 is 0 Å². The molecule has 0 aromatic carbocycles. The van der Waals surface area contributed by atoms with E-state index in [0.717, 1.165) is 0 Å². The summed E-state index contributed by atoms with van der Waals surface area (Å²) in [4.78, 5) is 9.65. The van der Waals surface area contributed by atoms with Crippen molar-refractivity contribution in [1.29, 1.82) is 0 Å². The van der Waals surface area contributed by atoms with Crippen LogP contribution >= 0.6 is 0 Å². The van der Waals surface area contributed by atoms with E-state index in [9.17, 15) is 4.79 Å². The fourth-order valence-corrected chi connectivity index (χ4v) is 0.230. The predicted molar refractivity (Wildman–Crippen MR) is 35.5 cm³/mol.